The molecule has 1 N–H and O–H groups in total. The summed E-state index contributed by atoms with van der Waals surface area (Å²) in [6, 6.07) is 4.12. The standard InChI is InChI=1S/C11H15N3OS/c1-2-12-6-5-11-13-10(14-15-11)8-9-4-3-7-16-9/h3-4,7,12H,2,5-6,8H2,1H3. The van der Waals surface area contributed by atoms with E-state index in [9.17, 15) is 0 Å². The lowest BCUT2D eigenvalue weighted by atomic mass is 10.3. The smallest absolute Gasteiger partial charge is 0.227 e. The molecule has 0 radical (unpaired) electrons. The Kier molecular flexibility index (Phi) is 4.07. The lowest BCUT2D eigenvalue weighted by Crippen LogP contribution is -2.16. The minimum absolute atomic E-state index is 0.715. The van der Waals surface area contributed by atoms with Crippen molar-refractivity contribution in [3.63, 3.8) is 0 Å². The van der Waals surface area contributed by atoms with Crippen LogP contribution in [0.2, 0.25) is 0 Å². The zero-order chi connectivity index (χ0) is 11.2. The van der Waals surface area contributed by atoms with E-state index >= 15 is 0 Å². The van der Waals surface area contributed by atoms with E-state index in [1.807, 2.05) is 6.07 Å². The third-order valence-corrected chi connectivity index (χ3v) is 3.06. The first kappa shape index (κ1) is 11.3. The summed E-state index contributed by atoms with van der Waals surface area (Å²) in [4.78, 5) is 5.61. The van der Waals surface area contributed by atoms with Crippen LogP contribution in [0.4, 0.5) is 0 Å². The van der Waals surface area contributed by atoms with Crippen molar-refractivity contribution in [2.75, 3.05) is 13.1 Å². The van der Waals surface area contributed by atoms with E-state index < -0.39 is 0 Å². The SMILES string of the molecule is CCNCCc1nc(Cc2cccs2)no1. The van der Waals surface area contributed by atoms with Crippen LogP contribution < -0.4 is 5.32 Å². The lowest BCUT2D eigenvalue weighted by Gasteiger charge is -1.95. The van der Waals surface area contributed by atoms with Crippen LogP contribution in [0, 0.1) is 0 Å². The van der Waals surface area contributed by atoms with Crippen molar-refractivity contribution in [1.29, 1.82) is 0 Å². The van der Waals surface area contributed by atoms with Crippen LogP contribution in [0.5, 0.6) is 0 Å². The molecular weight excluding hydrogens is 222 g/mol. The van der Waals surface area contributed by atoms with E-state index in [2.05, 4.69) is 33.8 Å². The molecule has 5 heteroatoms. The average Bonchev–Trinajstić information content (AvgIpc) is 2.91. The predicted molar refractivity (Wildman–Crippen MR) is 63.7 cm³/mol. The molecule has 2 rings (SSSR count). The highest BCUT2D eigenvalue weighted by molar-refractivity contribution is 7.09. The number of hydrogen-bond donors (Lipinski definition) is 1. The topological polar surface area (TPSA) is 51.0 Å². The van der Waals surface area contributed by atoms with Crippen LogP contribution in [0.25, 0.3) is 0 Å². The summed E-state index contributed by atoms with van der Waals surface area (Å²) in [5.41, 5.74) is 0. The van der Waals surface area contributed by atoms with Gasteiger partial charge >= 0.3 is 0 Å². The summed E-state index contributed by atoms with van der Waals surface area (Å²) in [5, 5.41) is 9.25. The largest absolute Gasteiger partial charge is 0.339 e. The van der Waals surface area contributed by atoms with Crippen LogP contribution in [0.3, 0.4) is 0 Å². The fourth-order valence-electron chi connectivity index (χ4n) is 1.40. The molecule has 0 fully saturated rings. The Labute approximate surface area is 98.7 Å². The molecule has 0 amide bonds. The van der Waals surface area contributed by atoms with Gasteiger partial charge in [-0.3, -0.25) is 0 Å². The summed E-state index contributed by atoms with van der Waals surface area (Å²) in [6.45, 7) is 3.93. The summed E-state index contributed by atoms with van der Waals surface area (Å²) in [5.74, 6) is 1.49. The van der Waals surface area contributed by atoms with Crippen LogP contribution in [-0.4, -0.2) is 23.2 Å². The van der Waals surface area contributed by atoms with E-state index in [-0.39, 0.29) is 0 Å². The van der Waals surface area contributed by atoms with Gasteiger partial charge in [-0.2, -0.15) is 4.98 Å². The second-order valence-corrected chi connectivity index (χ2v) is 4.50. The quantitative estimate of drug-likeness (QED) is 0.779. The van der Waals surface area contributed by atoms with Gasteiger partial charge in [-0.25, -0.2) is 0 Å². The van der Waals surface area contributed by atoms with Gasteiger partial charge in [-0.15, -0.1) is 11.3 Å². The van der Waals surface area contributed by atoms with Crippen molar-refractivity contribution in [2.45, 2.75) is 19.8 Å². The molecule has 2 aromatic heterocycles. The zero-order valence-electron chi connectivity index (χ0n) is 9.27. The number of thiophene rings is 1. The van der Waals surface area contributed by atoms with E-state index in [4.69, 9.17) is 4.52 Å². The molecule has 0 aliphatic rings. The molecule has 86 valence electrons. The molecule has 16 heavy (non-hydrogen) atoms. The van der Waals surface area contributed by atoms with Crippen LogP contribution in [0.15, 0.2) is 22.0 Å². The van der Waals surface area contributed by atoms with Gasteiger partial charge in [0.05, 0.1) is 0 Å². The minimum atomic E-state index is 0.715. The normalized spacial score (nSPS) is 10.8. The Morgan fingerprint density at radius 1 is 1.50 bits per heavy atom. The first-order valence-corrected chi connectivity index (χ1v) is 6.31. The molecule has 0 bridgehead atoms. The fraction of sp³-hybridized carbons (Fsp3) is 0.455. The predicted octanol–water partition coefficient (Wildman–Crippen LogP) is 1.87. The molecule has 2 aromatic rings. The van der Waals surface area contributed by atoms with Crippen molar-refractivity contribution in [1.82, 2.24) is 15.5 Å². The van der Waals surface area contributed by atoms with Crippen LogP contribution in [-0.2, 0) is 12.8 Å². The number of nitrogens with one attached hydrogen (secondary N) is 1. The van der Waals surface area contributed by atoms with Gasteiger partial charge in [-0.05, 0) is 18.0 Å². The fourth-order valence-corrected chi connectivity index (χ4v) is 2.11. The van der Waals surface area contributed by atoms with Gasteiger partial charge in [0.2, 0.25) is 5.89 Å². The highest BCUT2D eigenvalue weighted by Crippen LogP contribution is 2.12. The third kappa shape index (κ3) is 3.15. The Bertz CT molecular complexity index is 411. The Hall–Kier alpha value is -1.20. The van der Waals surface area contributed by atoms with Crippen molar-refractivity contribution in [3.05, 3.63) is 34.1 Å². The number of rotatable bonds is 6. The average molecular weight is 237 g/mol. The molecule has 0 atom stereocenters. The van der Waals surface area contributed by atoms with Gasteiger partial charge in [0.25, 0.3) is 0 Å². The van der Waals surface area contributed by atoms with Crippen molar-refractivity contribution >= 4 is 11.3 Å². The Morgan fingerprint density at radius 2 is 2.44 bits per heavy atom. The third-order valence-electron chi connectivity index (χ3n) is 2.19. The molecule has 0 saturated carbocycles. The van der Waals surface area contributed by atoms with E-state index in [0.29, 0.717) is 5.89 Å². The van der Waals surface area contributed by atoms with Gasteiger partial charge in [0, 0.05) is 24.3 Å². The maximum absolute atomic E-state index is 5.16. The number of aromatic nitrogens is 2. The van der Waals surface area contributed by atoms with Crippen molar-refractivity contribution < 1.29 is 4.52 Å². The van der Waals surface area contributed by atoms with Crippen molar-refractivity contribution in [3.8, 4) is 0 Å². The van der Waals surface area contributed by atoms with Gasteiger partial charge in [0.15, 0.2) is 5.82 Å². The van der Waals surface area contributed by atoms with Gasteiger partial charge < -0.3 is 9.84 Å². The minimum Gasteiger partial charge on any atom is -0.339 e. The molecule has 0 saturated heterocycles. The molecule has 0 spiro atoms. The first-order chi connectivity index (χ1) is 7.88. The number of hydrogen-bond acceptors (Lipinski definition) is 5. The molecular formula is C11H15N3OS. The molecule has 0 unspecified atom stereocenters. The molecule has 4 nitrogen and oxygen atoms in total. The van der Waals surface area contributed by atoms with Crippen LogP contribution in [0.1, 0.15) is 23.5 Å². The lowest BCUT2D eigenvalue weighted by molar-refractivity contribution is 0.372. The number of likely N-dealkylation sites (N-methyl/N-ethyl adjacent to an activating group) is 1. The van der Waals surface area contributed by atoms with E-state index in [1.165, 1.54) is 4.88 Å². The highest BCUT2D eigenvalue weighted by atomic mass is 32.1. The summed E-state index contributed by atoms with van der Waals surface area (Å²) < 4.78 is 5.16. The molecule has 0 aliphatic carbocycles. The molecule has 0 aromatic carbocycles. The zero-order valence-corrected chi connectivity index (χ0v) is 10.1. The molecule has 2 heterocycles. The van der Waals surface area contributed by atoms with Crippen molar-refractivity contribution in [2.24, 2.45) is 0 Å². The second-order valence-electron chi connectivity index (χ2n) is 3.46. The maximum Gasteiger partial charge on any atom is 0.227 e. The summed E-state index contributed by atoms with van der Waals surface area (Å²) >= 11 is 1.71. The Balaban J connectivity index is 1.87. The van der Waals surface area contributed by atoms with Gasteiger partial charge in [-0.1, -0.05) is 18.1 Å². The summed E-state index contributed by atoms with van der Waals surface area (Å²) in [7, 11) is 0. The highest BCUT2D eigenvalue weighted by Gasteiger charge is 2.06. The monoisotopic (exact) mass is 237 g/mol. The van der Waals surface area contributed by atoms with E-state index in [0.717, 1.165) is 31.8 Å². The summed E-state index contributed by atoms with van der Waals surface area (Å²) in [6.07, 6.45) is 1.56. The maximum atomic E-state index is 5.16. The second kappa shape index (κ2) is 5.77. The first-order valence-electron chi connectivity index (χ1n) is 5.43. The Morgan fingerprint density at radius 3 is 3.19 bits per heavy atom. The molecule has 0 aliphatic heterocycles. The number of nitrogens with zero attached hydrogens (tertiary/aromatic N) is 2. The van der Waals surface area contributed by atoms with Gasteiger partial charge in [0.1, 0.15) is 0 Å². The van der Waals surface area contributed by atoms with E-state index in [1.54, 1.807) is 11.3 Å². The van der Waals surface area contributed by atoms with Crippen LogP contribution >= 0.6 is 11.3 Å².